The van der Waals surface area contributed by atoms with E-state index in [1.807, 2.05) is 16.9 Å². The molecule has 1 heterocycles. The minimum Gasteiger partial charge on any atom is -0.330 e. The monoisotopic (exact) mass is 215 g/mol. The average molecular weight is 215 g/mol. The van der Waals surface area contributed by atoms with Gasteiger partial charge in [0, 0.05) is 31.4 Å². The largest absolute Gasteiger partial charge is 0.330 e. The molecule has 0 saturated carbocycles. The smallest absolute Gasteiger partial charge is 0.0489 e. The number of nitrogens with two attached hydrogens (primary N) is 1. The van der Waals surface area contributed by atoms with Gasteiger partial charge in [-0.05, 0) is 18.6 Å². The van der Waals surface area contributed by atoms with Crippen LogP contribution in [0.2, 0.25) is 0 Å². The molecule has 1 aromatic carbocycles. The molecule has 0 fully saturated rings. The van der Waals surface area contributed by atoms with Crippen molar-refractivity contribution in [3.63, 3.8) is 0 Å². The molecule has 0 saturated heterocycles. The van der Waals surface area contributed by atoms with Crippen LogP contribution in [-0.2, 0) is 6.54 Å². The molecule has 3 heteroatoms. The van der Waals surface area contributed by atoms with Crippen LogP contribution in [-0.4, -0.2) is 16.3 Å². The van der Waals surface area contributed by atoms with Crippen LogP contribution >= 0.6 is 0 Å². The van der Waals surface area contributed by atoms with E-state index in [1.165, 1.54) is 11.1 Å². The molecule has 0 aliphatic rings. The molecule has 0 aliphatic carbocycles. The van der Waals surface area contributed by atoms with Crippen LogP contribution in [0.25, 0.3) is 0 Å². The number of hydrogen-bond donors (Lipinski definition) is 1. The van der Waals surface area contributed by atoms with E-state index in [-0.39, 0.29) is 0 Å². The Balaban J connectivity index is 2.13. The molecule has 1 aromatic heterocycles. The zero-order valence-corrected chi connectivity index (χ0v) is 9.50. The minimum atomic E-state index is 0.334. The Morgan fingerprint density at radius 1 is 1.31 bits per heavy atom. The lowest BCUT2D eigenvalue weighted by molar-refractivity contribution is 0.521. The Kier molecular flexibility index (Phi) is 3.37. The second-order valence-electron chi connectivity index (χ2n) is 4.07. The Morgan fingerprint density at radius 3 is 2.62 bits per heavy atom. The van der Waals surface area contributed by atoms with Gasteiger partial charge in [-0.15, -0.1) is 0 Å². The highest BCUT2D eigenvalue weighted by atomic mass is 15.3. The van der Waals surface area contributed by atoms with Crippen molar-refractivity contribution in [1.29, 1.82) is 0 Å². The third kappa shape index (κ3) is 2.49. The van der Waals surface area contributed by atoms with Crippen molar-refractivity contribution in [2.75, 3.05) is 6.54 Å². The first-order valence-electron chi connectivity index (χ1n) is 5.53. The second kappa shape index (κ2) is 4.94. The maximum Gasteiger partial charge on any atom is 0.0489 e. The summed E-state index contributed by atoms with van der Waals surface area (Å²) in [5.74, 6) is 0.334. The van der Waals surface area contributed by atoms with E-state index in [1.54, 1.807) is 6.20 Å². The standard InChI is InChI=1S/C13H17N3/c1-11-3-5-12(6-4-11)13(9-14)10-16-8-2-7-15-16/h2-8,13H,9-10,14H2,1H3. The fourth-order valence-corrected chi connectivity index (χ4v) is 1.79. The highest BCUT2D eigenvalue weighted by molar-refractivity contribution is 5.24. The van der Waals surface area contributed by atoms with Gasteiger partial charge in [0.1, 0.15) is 0 Å². The maximum absolute atomic E-state index is 5.82. The lowest BCUT2D eigenvalue weighted by Crippen LogP contribution is -2.18. The molecule has 16 heavy (non-hydrogen) atoms. The van der Waals surface area contributed by atoms with E-state index in [2.05, 4.69) is 36.3 Å². The van der Waals surface area contributed by atoms with E-state index < -0.39 is 0 Å². The van der Waals surface area contributed by atoms with Crippen molar-refractivity contribution in [3.8, 4) is 0 Å². The van der Waals surface area contributed by atoms with E-state index in [4.69, 9.17) is 5.73 Å². The zero-order valence-electron chi connectivity index (χ0n) is 9.50. The van der Waals surface area contributed by atoms with Gasteiger partial charge >= 0.3 is 0 Å². The average Bonchev–Trinajstić information content (AvgIpc) is 2.80. The van der Waals surface area contributed by atoms with Crippen molar-refractivity contribution in [3.05, 3.63) is 53.9 Å². The maximum atomic E-state index is 5.82. The summed E-state index contributed by atoms with van der Waals surface area (Å²) in [7, 11) is 0. The summed E-state index contributed by atoms with van der Waals surface area (Å²) >= 11 is 0. The first-order chi connectivity index (χ1) is 7.79. The van der Waals surface area contributed by atoms with Gasteiger partial charge in [-0.1, -0.05) is 29.8 Å². The fourth-order valence-electron chi connectivity index (χ4n) is 1.79. The van der Waals surface area contributed by atoms with Gasteiger partial charge in [0.2, 0.25) is 0 Å². The third-order valence-corrected chi connectivity index (χ3v) is 2.80. The Morgan fingerprint density at radius 2 is 2.06 bits per heavy atom. The topological polar surface area (TPSA) is 43.8 Å². The number of aromatic nitrogens is 2. The lowest BCUT2D eigenvalue weighted by Gasteiger charge is -2.15. The van der Waals surface area contributed by atoms with E-state index >= 15 is 0 Å². The van der Waals surface area contributed by atoms with Crippen molar-refractivity contribution >= 4 is 0 Å². The normalized spacial score (nSPS) is 12.6. The van der Waals surface area contributed by atoms with Crippen molar-refractivity contribution in [2.24, 2.45) is 5.73 Å². The molecule has 1 unspecified atom stereocenters. The fraction of sp³-hybridized carbons (Fsp3) is 0.308. The molecule has 0 amide bonds. The molecule has 0 bridgehead atoms. The first kappa shape index (κ1) is 10.9. The molecule has 0 aliphatic heterocycles. The molecular weight excluding hydrogens is 198 g/mol. The number of hydrogen-bond acceptors (Lipinski definition) is 2. The van der Waals surface area contributed by atoms with E-state index in [0.29, 0.717) is 12.5 Å². The summed E-state index contributed by atoms with van der Waals surface area (Å²) in [5, 5.41) is 4.21. The molecule has 1 atom stereocenters. The number of benzene rings is 1. The Labute approximate surface area is 95.9 Å². The van der Waals surface area contributed by atoms with Gasteiger partial charge in [-0.2, -0.15) is 5.10 Å². The quantitative estimate of drug-likeness (QED) is 0.847. The zero-order chi connectivity index (χ0) is 11.4. The van der Waals surface area contributed by atoms with Gasteiger partial charge in [-0.3, -0.25) is 4.68 Å². The number of rotatable bonds is 4. The highest BCUT2D eigenvalue weighted by Crippen LogP contribution is 2.17. The number of aryl methyl sites for hydroxylation is 1. The third-order valence-electron chi connectivity index (χ3n) is 2.80. The first-order valence-corrected chi connectivity index (χ1v) is 5.53. The van der Waals surface area contributed by atoms with Gasteiger partial charge in [0.25, 0.3) is 0 Å². The summed E-state index contributed by atoms with van der Waals surface area (Å²) in [6.07, 6.45) is 3.76. The highest BCUT2D eigenvalue weighted by Gasteiger charge is 2.10. The minimum absolute atomic E-state index is 0.334. The predicted octanol–water partition coefficient (Wildman–Crippen LogP) is 1.93. The van der Waals surface area contributed by atoms with Crippen LogP contribution in [0.1, 0.15) is 17.0 Å². The van der Waals surface area contributed by atoms with E-state index in [9.17, 15) is 0 Å². The van der Waals surface area contributed by atoms with Gasteiger partial charge in [0.05, 0.1) is 0 Å². The van der Waals surface area contributed by atoms with Crippen molar-refractivity contribution < 1.29 is 0 Å². The molecule has 2 rings (SSSR count). The van der Waals surface area contributed by atoms with Crippen molar-refractivity contribution in [2.45, 2.75) is 19.4 Å². The van der Waals surface area contributed by atoms with E-state index in [0.717, 1.165) is 6.54 Å². The van der Waals surface area contributed by atoms with Gasteiger partial charge in [0.15, 0.2) is 0 Å². The number of nitrogens with zero attached hydrogens (tertiary/aromatic N) is 2. The van der Waals surface area contributed by atoms with Gasteiger partial charge < -0.3 is 5.73 Å². The summed E-state index contributed by atoms with van der Waals surface area (Å²) in [6.45, 7) is 3.57. The van der Waals surface area contributed by atoms with Crippen LogP contribution in [0.5, 0.6) is 0 Å². The summed E-state index contributed by atoms with van der Waals surface area (Å²) < 4.78 is 1.93. The SMILES string of the molecule is Cc1ccc(C(CN)Cn2cccn2)cc1. The van der Waals surface area contributed by atoms with Gasteiger partial charge in [-0.25, -0.2) is 0 Å². The molecule has 2 N–H and O–H groups in total. The van der Waals surface area contributed by atoms with Crippen LogP contribution < -0.4 is 5.73 Å². The Hall–Kier alpha value is -1.61. The molecule has 2 aromatic rings. The predicted molar refractivity (Wildman–Crippen MR) is 65.2 cm³/mol. The van der Waals surface area contributed by atoms with Crippen LogP contribution in [0, 0.1) is 6.92 Å². The summed E-state index contributed by atoms with van der Waals surface area (Å²) in [5.41, 5.74) is 8.38. The van der Waals surface area contributed by atoms with Crippen LogP contribution in [0.4, 0.5) is 0 Å². The molecule has 3 nitrogen and oxygen atoms in total. The lowest BCUT2D eigenvalue weighted by atomic mass is 9.98. The Bertz CT molecular complexity index is 417. The second-order valence-corrected chi connectivity index (χ2v) is 4.07. The van der Waals surface area contributed by atoms with Crippen LogP contribution in [0.15, 0.2) is 42.7 Å². The van der Waals surface area contributed by atoms with Crippen LogP contribution in [0.3, 0.4) is 0 Å². The van der Waals surface area contributed by atoms with Crippen molar-refractivity contribution in [1.82, 2.24) is 9.78 Å². The summed E-state index contributed by atoms with van der Waals surface area (Å²) in [4.78, 5) is 0. The molecular formula is C13H17N3. The molecule has 0 radical (unpaired) electrons. The summed E-state index contributed by atoms with van der Waals surface area (Å²) in [6, 6.07) is 10.5. The molecule has 84 valence electrons. The molecule has 0 spiro atoms.